The van der Waals surface area contributed by atoms with Gasteiger partial charge in [-0.3, -0.25) is 4.79 Å². The zero-order chi connectivity index (χ0) is 21.0. The van der Waals surface area contributed by atoms with Crippen LogP contribution in [-0.2, 0) is 0 Å². The molecule has 3 rings (SSSR count). The van der Waals surface area contributed by atoms with E-state index in [-0.39, 0.29) is 23.1 Å². The maximum absolute atomic E-state index is 12.3. The van der Waals surface area contributed by atoms with Gasteiger partial charge in [-0.05, 0) is 43.2 Å². The molecule has 3 aromatic rings. The number of phenols is 1. The predicted molar refractivity (Wildman–Crippen MR) is 105 cm³/mol. The van der Waals surface area contributed by atoms with Crippen LogP contribution in [-0.4, -0.2) is 55.6 Å². The normalized spacial score (nSPS) is 11.1. The Morgan fingerprint density at radius 3 is 2.76 bits per heavy atom. The smallest absolute Gasteiger partial charge is 0.293 e. The highest BCUT2D eigenvalue weighted by molar-refractivity contribution is 5.94. The fourth-order valence-electron chi connectivity index (χ4n) is 2.72. The third kappa shape index (κ3) is 4.00. The molecule has 0 saturated heterocycles. The van der Waals surface area contributed by atoms with Gasteiger partial charge in [-0.2, -0.15) is 9.78 Å². The van der Waals surface area contributed by atoms with E-state index in [1.165, 1.54) is 10.9 Å². The van der Waals surface area contributed by atoms with E-state index in [1.54, 1.807) is 19.1 Å². The number of hydrazone groups is 1. The van der Waals surface area contributed by atoms with Gasteiger partial charge in [0.05, 0.1) is 11.9 Å². The minimum Gasteiger partial charge on any atom is -0.507 e. The van der Waals surface area contributed by atoms with E-state index < -0.39 is 5.91 Å². The van der Waals surface area contributed by atoms with Crippen LogP contribution >= 0.6 is 0 Å². The van der Waals surface area contributed by atoms with E-state index in [2.05, 4.69) is 40.7 Å². The molecule has 29 heavy (non-hydrogen) atoms. The second kappa shape index (κ2) is 8.37. The Labute approximate surface area is 166 Å². The molecule has 1 aromatic carbocycles. The largest absolute Gasteiger partial charge is 0.507 e. The number of phenolic OH excluding ortho intramolecular Hbond substituents is 1. The molecule has 0 atom stereocenters. The van der Waals surface area contributed by atoms with Crippen LogP contribution in [0.5, 0.6) is 5.75 Å². The number of hydrogen-bond donors (Lipinski definition) is 3. The first-order valence-corrected chi connectivity index (χ1v) is 8.88. The Bertz CT molecular complexity index is 1040. The molecule has 152 valence electrons. The van der Waals surface area contributed by atoms with Crippen molar-refractivity contribution in [2.45, 2.75) is 20.8 Å². The summed E-state index contributed by atoms with van der Waals surface area (Å²) in [6.45, 7) is 7.35. The van der Waals surface area contributed by atoms with E-state index >= 15 is 0 Å². The van der Waals surface area contributed by atoms with Gasteiger partial charge in [0.25, 0.3) is 5.91 Å². The number of carbonyl (C=O) groups excluding carboxylic acids is 1. The number of hydrogen-bond acceptors (Lipinski definition) is 10. The van der Waals surface area contributed by atoms with Crippen molar-refractivity contribution in [2.75, 3.05) is 23.7 Å². The van der Waals surface area contributed by atoms with Crippen LogP contribution in [0.2, 0.25) is 0 Å². The van der Waals surface area contributed by atoms with E-state index in [0.29, 0.717) is 11.3 Å². The molecule has 4 N–H and O–H groups in total. The summed E-state index contributed by atoms with van der Waals surface area (Å²) >= 11 is 0. The highest BCUT2D eigenvalue weighted by Crippen LogP contribution is 2.23. The number of nitrogens with one attached hydrogen (secondary N) is 1. The second-order valence-electron chi connectivity index (χ2n) is 6.02. The van der Waals surface area contributed by atoms with Crippen LogP contribution in [0.25, 0.3) is 5.82 Å². The fourth-order valence-corrected chi connectivity index (χ4v) is 2.72. The Morgan fingerprint density at radius 2 is 2.14 bits per heavy atom. The van der Waals surface area contributed by atoms with Crippen LogP contribution in [0, 0.1) is 6.92 Å². The molecule has 0 spiro atoms. The molecule has 1 amide bonds. The van der Waals surface area contributed by atoms with Crippen LogP contribution in [0.3, 0.4) is 0 Å². The molecule has 0 aliphatic heterocycles. The summed E-state index contributed by atoms with van der Waals surface area (Å²) in [5.41, 5.74) is 9.76. The average Bonchev–Trinajstić information content (AvgIpc) is 3.29. The molecular formula is C17H21N9O3. The average molecular weight is 399 g/mol. The number of rotatable bonds is 7. The number of amides is 1. The van der Waals surface area contributed by atoms with Crippen molar-refractivity contribution in [2.24, 2.45) is 5.10 Å². The first-order chi connectivity index (χ1) is 14.0. The van der Waals surface area contributed by atoms with Gasteiger partial charge in [-0.1, -0.05) is 5.21 Å². The minimum absolute atomic E-state index is 0.0200. The van der Waals surface area contributed by atoms with Crippen LogP contribution in [0.15, 0.2) is 27.9 Å². The van der Waals surface area contributed by atoms with E-state index in [9.17, 15) is 9.90 Å². The van der Waals surface area contributed by atoms with Gasteiger partial charge in [0.1, 0.15) is 5.75 Å². The van der Waals surface area contributed by atoms with Gasteiger partial charge in [0.2, 0.25) is 11.6 Å². The van der Waals surface area contributed by atoms with Crippen LogP contribution in [0.4, 0.5) is 11.5 Å². The molecule has 0 saturated carbocycles. The van der Waals surface area contributed by atoms with Crippen molar-refractivity contribution in [1.29, 1.82) is 0 Å². The van der Waals surface area contributed by atoms with Crippen molar-refractivity contribution in [3.05, 3.63) is 35.2 Å². The summed E-state index contributed by atoms with van der Waals surface area (Å²) in [5, 5.41) is 28.8. The molecule has 2 heterocycles. The van der Waals surface area contributed by atoms with E-state index in [4.69, 9.17) is 5.73 Å². The van der Waals surface area contributed by atoms with Gasteiger partial charge in [0, 0.05) is 30.4 Å². The maximum atomic E-state index is 12.3. The van der Waals surface area contributed by atoms with Crippen molar-refractivity contribution < 1.29 is 14.5 Å². The number of aromatic nitrogens is 5. The lowest BCUT2D eigenvalue weighted by atomic mass is 10.2. The van der Waals surface area contributed by atoms with Crippen molar-refractivity contribution in [1.82, 2.24) is 30.7 Å². The highest BCUT2D eigenvalue weighted by atomic mass is 16.6. The summed E-state index contributed by atoms with van der Waals surface area (Å²) < 4.78 is 5.76. The Morgan fingerprint density at radius 1 is 1.38 bits per heavy atom. The van der Waals surface area contributed by atoms with Gasteiger partial charge in [-0.25, -0.2) is 10.1 Å². The number of carbonyl (C=O) groups is 1. The summed E-state index contributed by atoms with van der Waals surface area (Å²) in [6, 6.07) is 5.25. The van der Waals surface area contributed by atoms with Gasteiger partial charge < -0.3 is 15.7 Å². The molecule has 0 aliphatic rings. The summed E-state index contributed by atoms with van der Waals surface area (Å²) in [6.07, 6.45) is 1.35. The molecule has 12 heteroatoms. The molecule has 0 unspecified atom stereocenters. The number of benzene rings is 1. The van der Waals surface area contributed by atoms with E-state index in [0.717, 1.165) is 18.8 Å². The summed E-state index contributed by atoms with van der Waals surface area (Å²) in [7, 11) is 0. The maximum Gasteiger partial charge on any atom is 0.293 e. The van der Waals surface area contributed by atoms with E-state index in [1.807, 2.05) is 19.9 Å². The third-order valence-corrected chi connectivity index (χ3v) is 4.32. The Hall–Kier alpha value is -3.96. The van der Waals surface area contributed by atoms with Crippen LogP contribution < -0.4 is 16.1 Å². The lowest BCUT2D eigenvalue weighted by molar-refractivity contribution is 0.0949. The number of nitrogens with two attached hydrogens (primary N) is 1. The molecule has 0 aliphatic carbocycles. The summed E-state index contributed by atoms with van der Waals surface area (Å²) in [4.78, 5) is 14.4. The first-order valence-electron chi connectivity index (χ1n) is 8.88. The van der Waals surface area contributed by atoms with Gasteiger partial charge >= 0.3 is 0 Å². The second-order valence-corrected chi connectivity index (χ2v) is 6.02. The van der Waals surface area contributed by atoms with Crippen molar-refractivity contribution in [3.63, 3.8) is 0 Å². The Balaban J connectivity index is 1.71. The standard InChI is InChI=1S/C17H21N9O3/c1-4-25(5-2)12-7-6-11(13(27)8-12)9-19-21-17(28)14-10(3)26(24-20-14)16-15(18)22-29-23-16/h6-9,27H,4-5H2,1-3H3,(H2,18,22)(H,21,28)/b19-9+. The lowest BCUT2D eigenvalue weighted by Gasteiger charge is -2.21. The highest BCUT2D eigenvalue weighted by Gasteiger charge is 2.20. The van der Waals surface area contributed by atoms with Crippen molar-refractivity contribution >= 4 is 23.6 Å². The van der Waals surface area contributed by atoms with Crippen LogP contribution in [0.1, 0.15) is 35.6 Å². The summed E-state index contributed by atoms with van der Waals surface area (Å²) in [5.74, 6) is -0.370. The molecular weight excluding hydrogens is 378 g/mol. The molecule has 0 radical (unpaired) electrons. The Kier molecular flexibility index (Phi) is 5.71. The quantitative estimate of drug-likeness (QED) is 0.386. The minimum atomic E-state index is -0.584. The zero-order valence-electron chi connectivity index (χ0n) is 16.2. The van der Waals surface area contributed by atoms with Crippen molar-refractivity contribution in [3.8, 4) is 11.6 Å². The monoisotopic (exact) mass is 399 g/mol. The molecule has 0 fully saturated rings. The zero-order valence-corrected chi connectivity index (χ0v) is 16.2. The first kappa shape index (κ1) is 19.8. The van der Waals surface area contributed by atoms with Gasteiger partial charge in [0.15, 0.2) is 5.69 Å². The molecule has 2 aromatic heterocycles. The fraction of sp³-hybridized carbons (Fsp3) is 0.294. The number of aromatic hydroxyl groups is 1. The topological polar surface area (TPSA) is 161 Å². The number of anilines is 2. The molecule has 0 bridgehead atoms. The number of nitrogen functional groups attached to an aromatic ring is 1. The van der Waals surface area contributed by atoms with Gasteiger partial charge in [-0.15, -0.1) is 5.10 Å². The molecule has 12 nitrogen and oxygen atoms in total. The predicted octanol–water partition coefficient (Wildman–Crippen LogP) is 0.857. The number of nitrogens with zero attached hydrogens (tertiary/aromatic N) is 7. The lowest BCUT2D eigenvalue weighted by Crippen LogP contribution is -2.21. The third-order valence-electron chi connectivity index (χ3n) is 4.32. The SMILES string of the molecule is CCN(CC)c1ccc(/C=N/NC(=O)c2nnn(-c3nonc3N)c2C)c(O)c1.